The van der Waals surface area contributed by atoms with E-state index in [4.69, 9.17) is 0 Å². The van der Waals surface area contributed by atoms with Gasteiger partial charge in [-0.15, -0.1) is 0 Å². The lowest BCUT2D eigenvalue weighted by atomic mass is 10.1. The molecule has 0 aliphatic carbocycles. The average molecular weight is 351 g/mol. The minimum Gasteiger partial charge on any atom is -0.251 e. The van der Waals surface area contributed by atoms with Crippen molar-refractivity contribution in [2.75, 3.05) is 6.67 Å². The lowest BCUT2D eigenvalue weighted by Crippen LogP contribution is -2.28. The van der Waals surface area contributed by atoms with E-state index in [9.17, 15) is 4.39 Å². The Morgan fingerprint density at radius 3 is 1.90 bits per heavy atom. The molecule has 2 unspecified atom stereocenters. The third kappa shape index (κ3) is 9.68. The number of rotatable bonds is 12. The zero-order valence-electron chi connectivity index (χ0n) is 14.9. The van der Waals surface area contributed by atoms with Gasteiger partial charge in [-0.3, -0.25) is 4.39 Å². The van der Waals surface area contributed by atoms with Crippen LogP contribution in [-0.2, 0) is 0 Å². The molecule has 0 aliphatic heterocycles. The molecular weight excluding hydrogens is 312 g/mol. The molecule has 0 N–H and O–H groups in total. The van der Waals surface area contributed by atoms with Crippen LogP contribution in [0.15, 0.2) is 0 Å². The highest BCUT2D eigenvalue weighted by Gasteiger charge is 2.28. The van der Waals surface area contributed by atoms with Crippen molar-refractivity contribution in [3.63, 3.8) is 0 Å². The van der Waals surface area contributed by atoms with Gasteiger partial charge in [-0.1, -0.05) is 76.2 Å². The summed E-state index contributed by atoms with van der Waals surface area (Å²) in [7, 11) is -1.48. The summed E-state index contributed by atoms with van der Waals surface area (Å²) in [6.45, 7) is 15.3. The Morgan fingerprint density at radius 2 is 1.45 bits per heavy atom. The first-order valence-corrected chi connectivity index (χ1v) is 20.0. The van der Waals surface area contributed by atoms with Gasteiger partial charge in [-0.05, 0) is 11.6 Å². The Balaban J connectivity index is 4.24. The predicted octanol–water partition coefficient (Wildman–Crippen LogP) is 4.33. The smallest absolute Gasteiger partial charge is 0.0865 e. The predicted molar refractivity (Wildman–Crippen MR) is 107 cm³/mol. The second-order valence-corrected chi connectivity index (χ2v) is 19.8. The van der Waals surface area contributed by atoms with Crippen LogP contribution in [0.1, 0.15) is 19.3 Å². The molecule has 0 radical (unpaired) electrons. The van der Waals surface area contributed by atoms with Crippen LogP contribution >= 0.6 is 0 Å². The molecule has 0 aliphatic rings. The first-order chi connectivity index (χ1) is 9.40. The van der Waals surface area contributed by atoms with E-state index in [1.165, 1.54) is 25.3 Å². The van der Waals surface area contributed by atoms with Gasteiger partial charge in [0.1, 0.15) is 0 Å². The lowest BCUT2D eigenvalue weighted by molar-refractivity contribution is 0.525. The summed E-state index contributed by atoms with van der Waals surface area (Å²) >= 11 is 0. The topological polar surface area (TPSA) is 0 Å². The molecule has 0 bridgehead atoms. The van der Waals surface area contributed by atoms with Crippen molar-refractivity contribution in [3.05, 3.63) is 0 Å². The minimum absolute atomic E-state index is 0.0542. The van der Waals surface area contributed by atoms with Crippen molar-refractivity contribution in [2.45, 2.75) is 87.8 Å². The maximum absolute atomic E-state index is 12.1. The molecule has 122 valence electrons. The van der Waals surface area contributed by atoms with E-state index in [1.54, 1.807) is 6.04 Å². The molecule has 0 fully saturated rings. The molecule has 2 atom stereocenters. The van der Waals surface area contributed by atoms with E-state index in [1.807, 2.05) is 0 Å². The van der Waals surface area contributed by atoms with E-state index >= 15 is 0 Å². The number of alkyl halides is 1. The van der Waals surface area contributed by atoms with E-state index < -0.39 is 26.4 Å². The van der Waals surface area contributed by atoms with Crippen molar-refractivity contribution in [2.24, 2.45) is 0 Å². The molecule has 5 heteroatoms. The zero-order chi connectivity index (χ0) is 15.5. The standard InChI is InChI=1S/C15H39FSi4/c1-18(2)13-15(20(5)6)14(19(3)4)9-7-8-11-17-12-10-16/h14-15,18-20H,7-13,17H2,1-6H3. The Kier molecular flexibility index (Phi) is 12.8. The van der Waals surface area contributed by atoms with Gasteiger partial charge in [0, 0.05) is 35.9 Å². The van der Waals surface area contributed by atoms with Crippen LogP contribution in [0.3, 0.4) is 0 Å². The van der Waals surface area contributed by atoms with E-state index in [0.717, 1.165) is 17.1 Å². The van der Waals surface area contributed by atoms with Gasteiger partial charge in [-0.25, -0.2) is 0 Å². The van der Waals surface area contributed by atoms with E-state index in [-0.39, 0.29) is 16.2 Å². The highest BCUT2D eigenvalue weighted by molar-refractivity contribution is 6.67. The fourth-order valence-electron chi connectivity index (χ4n) is 3.53. The van der Waals surface area contributed by atoms with Crippen molar-refractivity contribution in [1.29, 1.82) is 0 Å². The van der Waals surface area contributed by atoms with E-state index in [0.29, 0.717) is 0 Å². The van der Waals surface area contributed by atoms with Gasteiger partial charge < -0.3 is 0 Å². The summed E-state index contributed by atoms with van der Waals surface area (Å²) in [5.74, 6) is 0. The summed E-state index contributed by atoms with van der Waals surface area (Å²) in [4.78, 5) is 0. The Hall–Kier alpha value is 0.798. The zero-order valence-corrected chi connectivity index (χ0v) is 19.8. The summed E-state index contributed by atoms with van der Waals surface area (Å²) < 4.78 is 12.1. The van der Waals surface area contributed by atoms with Crippen LogP contribution < -0.4 is 0 Å². The molecule has 0 rings (SSSR count). The van der Waals surface area contributed by atoms with Crippen molar-refractivity contribution in [1.82, 2.24) is 0 Å². The van der Waals surface area contributed by atoms with Gasteiger partial charge in [0.25, 0.3) is 0 Å². The summed E-state index contributed by atoms with van der Waals surface area (Å²) in [6.07, 6.45) is 4.34. The van der Waals surface area contributed by atoms with Crippen LogP contribution in [0.4, 0.5) is 4.39 Å². The first-order valence-electron chi connectivity index (χ1n) is 8.96. The fraction of sp³-hybridized carbons (Fsp3) is 1.00. The van der Waals surface area contributed by atoms with Crippen molar-refractivity contribution < 1.29 is 4.39 Å². The second kappa shape index (κ2) is 12.4. The van der Waals surface area contributed by atoms with Gasteiger partial charge in [0.2, 0.25) is 0 Å². The maximum Gasteiger partial charge on any atom is 0.0865 e. The first kappa shape index (κ1) is 20.8. The van der Waals surface area contributed by atoms with Crippen LogP contribution in [-0.4, -0.2) is 42.6 Å². The van der Waals surface area contributed by atoms with Crippen LogP contribution in [0.25, 0.3) is 0 Å². The number of unbranched alkanes of at least 4 members (excludes halogenated alkanes) is 1. The highest BCUT2D eigenvalue weighted by Crippen LogP contribution is 2.39. The molecule has 0 saturated carbocycles. The Morgan fingerprint density at radius 1 is 0.850 bits per heavy atom. The molecule has 0 nitrogen and oxygen atoms in total. The van der Waals surface area contributed by atoms with Gasteiger partial charge >= 0.3 is 0 Å². The van der Waals surface area contributed by atoms with Crippen molar-refractivity contribution >= 4 is 35.9 Å². The molecule has 0 aromatic heterocycles. The van der Waals surface area contributed by atoms with Crippen LogP contribution in [0.5, 0.6) is 0 Å². The summed E-state index contributed by atoms with van der Waals surface area (Å²) in [6, 6.07) is 3.91. The lowest BCUT2D eigenvalue weighted by Gasteiger charge is -2.33. The molecule has 0 aromatic carbocycles. The third-order valence-corrected chi connectivity index (χ3v) is 13.9. The third-order valence-electron chi connectivity index (χ3n) is 4.68. The molecular formula is C15H39FSi4. The minimum atomic E-state index is -0.515. The number of hydrogen-bond donors (Lipinski definition) is 0. The molecule has 0 amide bonds. The maximum atomic E-state index is 12.1. The second-order valence-electron chi connectivity index (χ2n) is 7.69. The molecule has 0 saturated heterocycles. The fourth-order valence-corrected chi connectivity index (χ4v) is 16.2. The summed E-state index contributed by atoms with van der Waals surface area (Å²) in [5, 5.41) is 0. The monoisotopic (exact) mass is 350 g/mol. The van der Waals surface area contributed by atoms with Gasteiger partial charge in [0.05, 0.1) is 6.67 Å². The normalized spacial score (nSPS) is 15.9. The van der Waals surface area contributed by atoms with Gasteiger partial charge in [0.15, 0.2) is 0 Å². The van der Waals surface area contributed by atoms with Gasteiger partial charge in [-0.2, -0.15) is 0 Å². The molecule has 20 heavy (non-hydrogen) atoms. The van der Waals surface area contributed by atoms with E-state index in [2.05, 4.69) is 39.3 Å². The number of hydrogen-bond acceptors (Lipinski definition) is 0. The largest absolute Gasteiger partial charge is 0.251 e. The average Bonchev–Trinajstić information content (AvgIpc) is 2.35. The SMILES string of the molecule is C[SiH](C)CC(C(CCCC[SiH2]CCF)[SiH](C)C)[SiH](C)C. The molecule has 0 spiro atoms. The Bertz CT molecular complexity index is 222. The van der Waals surface area contributed by atoms with Crippen LogP contribution in [0, 0.1) is 0 Å². The Labute approximate surface area is 135 Å². The quantitative estimate of drug-likeness (QED) is 0.363. The highest BCUT2D eigenvalue weighted by atomic mass is 28.3. The molecule has 0 heterocycles. The molecule has 0 aromatic rings. The van der Waals surface area contributed by atoms with Crippen LogP contribution in [0.2, 0.25) is 68.5 Å². The number of halogens is 1. The summed E-state index contributed by atoms with van der Waals surface area (Å²) in [5.41, 5.74) is 2.25. The van der Waals surface area contributed by atoms with Crippen molar-refractivity contribution in [3.8, 4) is 0 Å².